The van der Waals surface area contributed by atoms with Crippen LogP contribution in [0.4, 0.5) is 0 Å². The Labute approximate surface area is 113 Å². The first kappa shape index (κ1) is 11.4. The molecule has 0 atom stereocenters. The normalized spacial score (nSPS) is 10.9. The molecule has 0 aliphatic rings. The number of rotatable bonds is 2. The van der Waals surface area contributed by atoms with Crippen LogP contribution >= 0.6 is 23.8 Å². The van der Waals surface area contributed by atoms with Gasteiger partial charge in [-0.25, -0.2) is 4.98 Å². The van der Waals surface area contributed by atoms with Crippen LogP contribution in [0.3, 0.4) is 0 Å². The summed E-state index contributed by atoms with van der Waals surface area (Å²) in [4.78, 5) is 6.99. The Hall–Kier alpha value is -1.72. The van der Waals surface area contributed by atoms with Crippen LogP contribution in [0.5, 0.6) is 0 Å². The highest BCUT2D eigenvalue weighted by atomic mass is 35.5. The molecule has 18 heavy (non-hydrogen) atoms. The fraction of sp³-hybridized carbons (Fsp3) is 0.0833. The van der Waals surface area contributed by atoms with Crippen LogP contribution in [-0.4, -0.2) is 19.7 Å². The van der Waals surface area contributed by atoms with Gasteiger partial charge in [-0.1, -0.05) is 42.0 Å². The Kier molecular flexibility index (Phi) is 2.85. The van der Waals surface area contributed by atoms with E-state index in [0.29, 0.717) is 11.2 Å². The van der Waals surface area contributed by atoms with Crippen LogP contribution in [0.25, 0.3) is 11.0 Å². The second-order valence-electron chi connectivity index (χ2n) is 3.89. The van der Waals surface area contributed by atoms with Gasteiger partial charge < -0.3 is 4.98 Å². The first-order valence-corrected chi connectivity index (χ1v) is 6.17. The molecule has 0 aliphatic carbocycles. The third-order valence-corrected chi connectivity index (χ3v) is 3.36. The topological polar surface area (TPSA) is 46.5 Å². The largest absolute Gasteiger partial charge is 0.329 e. The summed E-state index contributed by atoms with van der Waals surface area (Å²) in [5, 5.41) is 5.99. The van der Waals surface area contributed by atoms with E-state index in [1.165, 1.54) is 0 Å². The first-order chi connectivity index (χ1) is 8.74. The zero-order valence-electron chi connectivity index (χ0n) is 9.30. The standard InChI is InChI=1S/C12H9ClN4S/c13-10-4-2-1-3-8(10)5-17-6-9-11(16-17)14-7-15-12(9)18/h1-4,6-7H,5H2,(H,14,15,16,18). The smallest absolute Gasteiger partial charge is 0.163 e. The molecule has 0 aliphatic heterocycles. The predicted molar refractivity (Wildman–Crippen MR) is 73.3 cm³/mol. The van der Waals surface area contributed by atoms with Crippen LogP contribution in [0.15, 0.2) is 36.8 Å². The van der Waals surface area contributed by atoms with Gasteiger partial charge in [0.05, 0.1) is 18.3 Å². The van der Waals surface area contributed by atoms with Gasteiger partial charge in [-0.15, -0.1) is 0 Å². The molecule has 0 unspecified atom stereocenters. The van der Waals surface area contributed by atoms with E-state index in [0.717, 1.165) is 21.6 Å². The molecule has 0 radical (unpaired) electrons. The molecule has 0 amide bonds. The Morgan fingerprint density at radius 1 is 1.33 bits per heavy atom. The maximum absolute atomic E-state index is 6.12. The maximum atomic E-state index is 6.12. The Morgan fingerprint density at radius 2 is 2.17 bits per heavy atom. The van der Waals surface area contributed by atoms with Gasteiger partial charge in [0.2, 0.25) is 0 Å². The summed E-state index contributed by atoms with van der Waals surface area (Å²) in [6, 6.07) is 7.71. The molecule has 1 aromatic carbocycles. The Balaban J connectivity index is 2.04. The van der Waals surface area contributed by atoms with Crippen molar-refractivity contribution in [1.82, 2.24) is 19.7 Å². The number of nitrogens with zero attached hydrogens (tertiary/aromatic N) is 3. The Morgan fingerprint density at radius 3 is 2.94 bits per heavy atom. The van der Waals surface area contributed by atoms with E-state index in [4.69, 9.17) is 23.8 Å². The zero-order valence-corrected chi connectivity index (χ0v) is 10.9. The molecular weight excluding hydrogens is 268 g/mol. The molecule has 6 heteroatoms. The first-order valence-electron chi connectivity index (χ1n) is 5.38. The van der Waals surface area contributed by atoms with Gasteiger partial charge >= 0.3 is 0 Å². The summed E-state index contributed by atoms with van der Waals surface area (Å²) < 4.78 is 2.36. The summed E-state index contributed by atoms with van der Waals surface area (Å²) in [5.41, 5.74) is 1.76. The average Bonchev–Trinajstić information content (AvgIpc) is 2.76. The maximum Gasteiger partial charge on any atom is 0.163 e. The fourth-order valence-electron chi connectivity index (χ4n) is 1.79. The number of aromatic nitrogens is 4. The van der Waals surface area contributed by atoms with Crippen LogP contribution in [0, 0.1) is 4.64 Å². The molecule has 2 heterocycles. The monoisotopic (exact) mass is 276 g/mol. The van der Waals surface area contributed by atoms with Crippen molar-refractivity contribution in [3.05, 3.63) is 52.0 Å². The highest BCUT2D eigenvalue weighted by Crippen LogP contribution is 2.17. The number of halogens is 1. The van der Waals surface area contributed by atoms with Gasteiger partial charge in [0.25, 0.3) is 0 Å². The van der Waals surface area contributed by atoms with Crippen molar-refractivity contribution >= 4 is 34.9 Å². The predicted octanol–water partition coefficient (Wildman–Crippen LogP) is 3.19. The summed E-state index contributed by atoms with van der Waals surface area (Å²) in [6.07, 6.45) is 3.43. The van der Waals surface area contributed by atoms with Gasteiger partial charge in [-0.05, 0) is 11.6 Å². The molecule has 4 nitrogen and oxygen atoms in total. The van der Waals surface area contributed by atoms with Gasteiger partial charge in [0.15, 0.2) is 5.65 Å². The van der Waals surface area contributed by atoms with Gasteiger partial charge in [0, 0.05) is 11.2 Å². The summed E-state index contributed by atoms with van der Waals surface area (Å²) in [7, 11) is 0. The van der Waals surface area contributed by atoms with Crippen LogP contribution in [0.2, 0.25) is 5.02 Å². The van der Waals surface area contributed by atoms with Crippen molar-refractivity contribution in [2.24, 2.45) is 0 Å². The lowest BCUT2D eigenvalue weighted by atomic mass is 10.2. The summed E-state index contributed by atoms with van der Waals surface area (Å²) in [6.45, 7) is 0.608. The minimum Gasteiger partial charge on any atom is -0.329 e. The quantitative estimate of drug-likeness (QED) is 0.731. The summed E-state index contributed by atoms with van der Waals surface area (Å²) >= 11 is 11.3. The number of benzene rings is 1. The second kappa shape index (κ2) is 4.51. The molecule has 2 aromatic heterocycles. The average molecular weight is 277 g/mol. The molecule has 0 saturated carbocycles. The van der Waals surface area contributed by atoms with Gasteiger partial charge in [0.1, 0.15) is 4.64 Å². The van der Waals surface area contributed by atoms with E-state index >= 15 is 0 Å². The van der Waals surface area contributed by atoms with E-state index in [-0.39, 0.29) is 0 Å². The molecule has 3 aromatic rings. The van der Waals surface area contributed by atoms with Crippen LogP contribution in [0.1, 0.15) is 5.56 Å². The molecule has 90 valence electrons. The van der Waals surface area contributed by atoms with Crippen LogP contribution in [-0.2, 0) is 6.54 Å². The van der Waals surface area contributed by atoms with Crippen molar-refractivity contribution < 1.29 is 0 Å². The molecular formula is C12H9ClN4S. The molecule has 3 rings (SSSR count). The number of hydrogen-bond acceptors (Lipinski definition) is 3. The summed E-state index contributed by atoms with van der Waals surface area (Å²) in [5.74, 6) is 0. The fourth-order valence-corrected chi connectivity index (χ4v) is 2.19. The lowest BCUT2D eigenvalue weighted by molar-refractivity contribution is 0.693. The Bertz CT molecular complexity index is 762. The van der Waals surface area contributed by atoms with Gasteiger partial charge in [-0.2, -0.15) is 5.10 Å². The highest BCUT2D eigenvalue weighted by molar-refractivity contribution is 7.71. The van der Waals surface area contributed by atoms with E-state index in [1.807, 2.05) is 30.5 Å². The molecule has 0 spiro atoms. The lowest BCUT2D eigenvalue weighted by Gasteiger charge is -2.03. The van der Waals surface area contributed by atoms with E-state index in [9.17, 15) is 0 Å². The molecule has 0 bridgehead atoms. The lowest BCUT2D eigenvalue weighted by Crippen LogP contribution is -2.00. The van der Waals surface area contributed by atoms with Crippen molar-refractivity contribution in [3.63, 3.8) is 0 Å². The molecule has 1 N–H and O–H groups in total. The third kappa shape index (κ3) is 2.02. The number of aromatic amines is 1. The van der Waals surface area contributed by atoms with E-state index in [1.54, 1.807) is 11.0 Å². The van der Waals surface area contributed by atoms with E-state index in [2.05, 4.69) is 15.1 Å². The number of nitrogens with one attached hydrogen (secondary N) is 1. The number of H-pyrrole nitrogens is 1. The van der Waals surface area contributed by atoms with Gasteiger partial charge in [-0.3, -0.25) is 4.68 Å². The zero-order chi connectivity index (χ0) is 12.5. The molecule has 0 fully saturated rings. The second-order valence-corrected chi connectivity index (χ2v) is 4.68. The number of fused-ring (bicyclic) bond motifs is 1. The third-order valence-electron chi connectivity index (χ3n) is 2.67. The SMILES string of the molecule is S=c1nc[nH]c2nn(Cc3ccccc3Cl)cc12. The molecule has 0 saturated heterocycles. The van der Waals surface area contributed by atoms with Crippen molar-refractivity contribution in [3.8, 4) is 0 Å². The highest BCUT2D eigenvalue weighted by Gasteiger charge is 2.05. The van der Waals surface area contributed by atoms with E-state index < -0.39 is 0 Å². The minimum absolute atomic E-state index is 0.550. The van der Waals surface area contributed by atoms with Crippen LogP contribution < -0.4 is 0 Å². The number of hydrogen-bond donors (Lipinski definition) is 1. The van der Waals surface area contributed by atoms with Crippen molar-refractivity contribution in [2.75, 3.05) is 0 Å². The van der Waals surface area contributed by atoms with Crippen molar-refractivity contribution in [2.45, 2.75) is 6.54 Å². The van der Waals surface area contributed by atoms with Crippen molar-refractivity contribution in [1.29, 1.82) is 0 Å². The minimum atomic E-state index is 0.550.